The summed E-state index contributed by atoms with van der Waals surface area (Å²) in [6.07, 6.45) is 0. The fourth-order valence-corrected chi connectivity index (χ4v) is 7.97. The number of benzene rings is 9. The maximum atomic E-state index is 5.35. The molecule has 1 aromatic heterocycles. The van der Waals surface area contributed by atoms with Crippen molar-refractivity contribution in [2.45, 2.75) is 6.92 Å². The summed E-state index contributed by atoms with van der Waals surface area (Å²) in [6.45, 7) is 2.10. The molecule has 0 saturated carbocycles. The van der Waals surface area contributed by atoms with E-state index in [9.17, 15) is 0 Å². The minimum atomic E-state index is 0.845. The van der Waals surface area contributed by atoms with Gasteiger partial charge in [-0.1, -0.05) is 146 Å². The molecule has 0 unspecified atom stereocenters. The summed E-state index contributed by atoms with van der Waals surface area (Å²) in [7, 11) is 0. The molecular formula is C53H38N4. The van der Waals surface area contributed by atoms with Crippen LogP contribution in [0.3, 0.4) is 0 Å². The molecule has 0 amide bonds. The maximum Gasteiger partial charge on any atom is 0.0973 e. The van der Waals surface area contributed by atoms with Crippen LogP contribution in [0.2, 0.25) is 0 Å². The molecule has 9 aromatic carbocycles. The zero-order valence-corrected chi connectivity index (χ0v) is 31.5. The normalized spacial score (nSPS) is 11.2. The van der Waals surface area contributed by atoms with Crippen LogP contribution in [-0.2, 0) is 0 Å². The molecule has 0 aliphatic carbocycles. The second kappa shape index (κ2) is 14.6. The van der Waals surface area contributed by atoms with E-state index in [0.717, 1.165) is 73.2 Å². The van der Waals surface area contributed by atoms with E-state index in [1.165, 1.54) is 21.5 Å². The molecule has 0 N–H and O–H groups in total. The van der Waals surface area contributed by atoms with E-state index in [2.05, 4.69) is 229 Å². The van der Waals surface area contributed by atoms with Gasteiger partial charge in [-0.2, -0.15) is 0 Å². The predicted octanol–water partition coefficient (Wildman–Crippen LogP) is 14.5. The first kappa shape index (κ1) is 34.0. The van der Waals surface area contributed by atoms with Crippen LogP contribution in [0.15, 0.2) is 212 Å². The Morgan fingerprint density at radius 3 is 1.25 bits per heavy atom. The molecule has 0 radical (unpaired) electrons. The number of anilines is 6. The van der Waals surface area contributed by atoms with Gasteiger partial charge in [0.15, 0.2) is 0 Å². The van der Waals surface area contributed by atoms with Crippen molar-refractivity contribution >= 4 is 66.7 Å². The fourth-order valence-electron chi connectivity index (χ4n) is 7.97. The molecule has 0 aliphatic heterocycles. The summed E-state index contributed by atoms with van der Waals surface area (Å²) in [5, 5.41) is 4.80. The minimum Gasteiger partial charge on any atom is -0.310 e. The molecule has 4 nitrogen and oxygen atoms in total. The van der Waals surface area contributed by atoms with Gasteiger partial charge in [0.1, 0.15) is 0 Å². The van der Waals surface area contributed by atoms with E-state index in [1.54, 1.807) is 0 Å². The van der Waals surface area contributed by atoms with Crippen molar-refractivity contribution in [3.63, 3.8) is 0 Å². The Morgan fingerprint density at radius 1 is 0.333 bits per heavy atom. The second-order valence-corrected chi connectivity index (χ2v) is 14.3. The molecule has 0 aliphatic rings. The first-order chi connectivity index (χ1) is 28.2. The topological polar surface area (TPSA) is 32.3 Å². The summed E-state index contributed by atoms with van der Waals surface area (Å²) in [4.78, 5) is 15.3. The van der Waals surface area contributed by atoms with E-state index in [0.29, 0.717) is 0 Å². The van der Waals surface area contributed by atoms with Crippen LogP contribution in [0.5, 0.6) is 0 Å². The zero-order chi connectivity index (χ0) is 38.1. The predicted molar refractivity (Wildman–Crippen MR) is 240 cm³/mol. The van der Waals surface area contributed by atoms with Crippen molar-refractivity contribution in [3.05, 3.63) is 218 Å². The summed E-state index contributed by atoms with van der Waals surface area (Å²) in [5.41, 5.74) is 13.1. The van der Waals surface area contributed by atoms with Crippen LogP contribution in [0.1, 0.15) is 5.56 Å². The quantitative estimate of drug-likeness (QED) is 0.156. The number of aryl methyl sites for hydroxylation is 1. The minimum absolute atomic E-state index is 0.845. The maximum absolute atomic E-state index is 5.35. The van der Waals surface area contributed by atoms with Crippen LogP contribution in [0, 0.1) is 6.92 Å². The van der Waals surface area contributed by atoms with Crippen molar-refractivity contribution < 1.29 is 0 Å². The Bertz CT molecular complexity index is 3000. The number of para-hydroxylation sites is 3. The van der Waals surface area contributed by atoms with E-state index >= 15 is 0 Å². The van der Waals surface area contributed by atoms with Crippen molar-refractivity contribution in [1.29, 1.82) is 0 Å². The van der Waals surface area contributed by atoms with Crippen LogP contribution in [0.25, 0.3) is 55.1 Å². The van der Waals surface area contributed by atoms with Gasteiger partial charge in [0, 0.05) is 44.6 Å². The lowest BCUT2D eigenvalue weighted by atomic mass is 10.0. The SMILES string of the molecule is Cc1cccc2nc(-c3ccc(N(c4ccccc4)c4cccc5ccccc45)cc3)c(-c3ccc(N(c4ccccc4)c4cccc5ccccc45)cc3)nc12. The molecule has 10 rings (SSSR count). The molecule has 270 valence electrons. The number of nitrogens with zero attached hydrogens (tertiary/aromatic N) is 4. The Labute approximate surface area is 332 Å². The lowest BCUT2D eigenvalue weighted by molar-refractivity contribution is 1.26. The molecular weight excluding hydrogens is 693 g/mol. The summed E-state index contributed by atoms with van der Waals surface area (Å²) in [6, 6.07) is 75.0. The number of hydrogen-bond donors (Lipinski definition) is 0. The fraction of sp³-hybridized carbons (Fsp3) is 0.0189. The molecule has 1 heterocycles. The van der Waals surface area contributed by atoms with E-state index in [4.69, 9.17) is 9.97 Å². The summed E-state index contributed by atoms with van der Waals surface area (Å²) >= 11 is 0. The molecule has 0 bridgehead atoms. The lowest BCUT2D eigenvalue weighted by Crippen LogP contribution is -2.10. The van der Waals surface area contributed by atoms with Crippen molar-refractivity contribution in [2.75, 3.05) is 9.80 Å². The molecule has 0 saturated heterocycles. The third kappa shape index (κ3) is 6.33. The highest BCUT2D eigenvalue weighted by Gasteiger charge is 2.20. The van der Waals surface area contributed by atoms with E-state index in [-0.39, 0.29) is 0 Å². The molecule has 0 spiro atoms. The average molecular weight is 731 g/mol. The highest BCUT2D eigenvalue weighted by molar-refractivity contribution is 6.00. The molecule has 0 fully saturated rings. The van der Waals surface area contributed by atoms with Gasteiger partial charge in [0.2, 0.25) is 0 Å². The number of hydrogen-bond acceptors (Lipinski definition) is 4. The number of aromatic nitrogens is 2. The van der Waals surface area contributed by atoms with Crippen molar-refractivity contribution in [2.24, 2.45) is 0 Å². The first-order valence-electron chi connectivity index (χ1n) is 19.3. The van der Waals surface area contributed by atoms with Crippen LogP contribution >= 0.6 is 0 Å². The number of fused-ring (bicyclic) bond motifs is 3. The van der Waals surface area contributed by atoms with Crippen LogP contribution < -0.4 is 9.80 Å². The molecule has 4 heteroatoms. The van der Waals surface area contributed by atoms with Gasteiger partial charge >= 0.3 is 0 Å². The third-order valence-electron chi connectivity index (χ3n) is 10.7. The second-order valence-electron chi connectivity index (χ2n) is 14.3. The third-order valence-corrected chi connectivity index (χ3v) is 10.7. The average Bonchev–Trinajstić information content (AvgIpc) is 3.28. The summed E-state index contributed by atoms with van der Waals surface area (Å²) in [5.74, 6) is 0. The monoisotopic (exact) mass is 730 g/mol. The van der Waals surface area contributed by atoms with Crippen LogP contribution in [-0.4, -0.2) is 9.97 Å². The van der Waals surface area contributed by atoms with Crippen molar-refractivity contribution in [3.8, 4) is 22.5 Å². The number of rotatable bonds is 8. The largest absolute Gasteiger partial charge is 0.310 e. The van der Waals surface area contributed by atoms with Gasteiger partial charge in [-0.25, -0.2) is 9.97 Å². The summed E-state index contributed by atoms with van der Waals surface area (Å²) < 4.78 is 0. The lowest BCUT2D eigenvalue weighted by Gasteiger charge is -2.27. The Balaban J connectivity index is 1.09. The molecule has 57 heavy (non-hydrogen) atoms. The molecule has 0 atom stereocenters. The van der Waals surface area contributed by atoms with E-state index < -0.39 is 0 Å². The highest BCUT2D eigenvalue weighted by atomic mass is 15.1. The Hall–Kier alpha value is -7.56. The van der Waals surface area contributed by atoms with Gasteiger partial charge in [-0.3, -0.25) is 0 Å². The molecule has 10 aromatic rings. The van der Waals surface area contributed by atoms with Crippen LogP contribution in [0.4, 0.5) is 34.1 Å². The highest BCUT2D eigenvalue weighted by Crippen LogP contribution is 2.42. The van der Waals surface area contributed by atoms with E-state index in [1.807, 2.05) is 0 Å². The Kier molecular flexibility index (Phi) is 8.69. The standard InChI is InChI=1S/C53H38N4/c1-37-15-12-26-48-51(37)55-53(41-31-35-45(36-32-41)57(43-22-6-3-7-23-43)50-28-14-19-39-17-9-11-25-47(39)50)52(54-48)40-29-33-44(34-30-40)56(42-20-4-2-5-21-42)49-27-13-18-38-16-8-10-24-46(38)49/h2-36H,1H3. The van der Waals surface area contributed by atoms with Gasteiger partial charge in [-0.05, 0) is 90.0 Å². The smallest absolute Gasteiger partial charge is 0.0973 e. The van der Waals surface area contributed by atoms with Gasteiger partial charge in [0.05, 0.1) is 33.8 Å². The van der Waals surface area contributed by atoms with Gasteiger partial charge in [0.25, 0.3) is 0 Å². The van der Waals surface area contributed by atoms with Crippen molar-refractivity contribution in [1.82, 2.24) is 9.97 Å². The van der Waals surface area contributed by atoms with Gasteiger partial charge < -0.3 is 9.80 Å². The Morgan fingerprint density at radius 2 is 0.737 bits per heavy atom. The van der Waals surface area contributed by atoms with Gasteiger partial charge in [-0.15, -0.1) is 0 Å². The zero-order valence-electron chi connectivity index (χ0n) is 31.5. The first-order valence-corrected chi connectivity index (χ1v) is 19.3.